The first-order chi connectivity index (χ1) is 17.3. The number of hydrogen-bond acceptors (Lipinski definition) is 6. The second-order valence-electron chi connectivity index (χ2n) is 9.02. The van der Waals surface area contributed by atoms with Crippen LogP contribution < -0.4 is 5.32 Å². The summed E-state index contributed by atoms with van der Waals surface area (Å²) in [6, 6.07) is 17.3. The van der Waals surface area contributed by atoms with Gasteiger partial charge in [0.1, 0.15) is 11.9 Å². The fraction of sp³-hybridized carbons (Fsp3) is 0.345. The number of fused-ring (bicyclic) bond motifs is 1. The highest BCUT2D eigenvalue weighted by Gasteiger charge is 2.25. The van der Waals surface area contributed by atoms with Gasteiger partial charge in [-0.15, -0.1) is 11.3 Å². The number of aromatic nitrogens is 1. The molecule has 0 unspecified atom stereocenters. The number of hydrogen-bond donors (Lipinski definition) is 1. The van der Waals surface area contributed by atoms with Gasteiger partial charge in [-0.25, -0.2) is 4.98 Å². The molecule has 1 heterocycles. The molecule has 2 aromatic carbocycles. The number of nitriles is 1. The minimum Gasteiger partial charge on any atom is -0.353 e. The molecule has 186 valence electrons. The maximum Gasteiger partial charge on any atom is 0.224 e. The van der Waals surface area contributed by atoms with E-state index in [1.165, 1.54) is 12.5 Å². The lowest BCUT2D eigenvalue weighted by Gasteiger charge is -2.22. The summed E-state index contributed by atoms with van der Waals surface area (Å²) in [4.78, 5) is 42.3. The van der Waals surface area contributed by atoms with Crippen molar-refractivity contribution in [1.29, 1.82) is 5.26 Å². The van der Waals surface area contributed by atoms with Crippen LogP contribution in [0.15, 0.2) is 60.7 Å². The van der Waals surface area contributed by atoms with Gasteiger partial charge in [-0.3, -0.25) is 9.59 Å². The second-order valence-corrected chi connectivity index (χ2v) is 10.1. The van der Waals surface area contributed by atoms with Crippen molar-refractivity contribution in [2.45, 2.75) is 58.4 Å². The highest BCUT2D eigenvalue weighted by Crippen LogP contribution is 2.26. The number of carbonyl (C=O) groups excluding carboxylic acids is 3. The highest BCUT2D eigenvalue weighted by atomic mass is 32.1. The van der Waals surface area contributed by atoms with Crippen molar-refractivity contribution < 1.29 is 14.4 Å². The lowest BCUT2D eigenvalue weighted by molar-refractivity contribution is -0.129. The van der Waals surface area contributed by atoms with Crippen LogP contribution in [-0.4, -0.2) is 28.5 Å². The van der Waals surface area contributed by atoms with Crippen LogP contribution in [0.4, 0.5) is 0 Å². The SMILES string of the molecule is C=C(C#N)C(=O)CC[C@H](Cc1ccccc1)NC(=O)[C@@H](CC(C)=O)Cc1nc2ccc(CC)cc2s1. The Morgan fingerprint density at radius 2 is 1.86 bits per heavy atom. The molecule has 0 saturated heterocycles. The molecule has 0 spiro atoms. The van der Waals surface area contributed by atoms with E-state index < -0.39 is 5.92 Å². The van der Waals surface area contributed by atoms with E-state index in [0.717, 1.165) is 27.2 Å². The Bertz CT molecular complexity index is 1290. The zero-order valence-electron chi connectivity index (χ0n) is 20.8. The maximum absolute atomic E-state index is 13.4. The molecular weight excluding hydrogens is 470 g/mol. The summed E-state index contributed by atoms with van der Waals surface area (Å²) in [7, 11) is 0. The smallest absolute Gasteiger partial charge is 0.224 e. The van der Waals surface area contributed by atoms with Gasteiger partial charge in [0.25, 0.3) is 0 Å². The van der Waals surface area contributed by atoms with Crippen LogP contribution >= 0.6 is 11.3 Å². The van der Waals surface area contributed by atoms with Crippen LogP contribution in [0.2, 0.25) is 0 Å². The summed E-state index contributed by atoms with van der Waals surface area (Å²) in [5.41, 5.74) is 3.06. The lowest BCUT2D eigenvalue weighted by Crippen LogP contribution is -2.41. The summed E-state index contributed by atoms with van der Waals surface area (Å²) >= 11 is 1.55. The first-order valence-corrected chi connectivity index (χ1v) is 12.9. The Balaban J connectivity index is 1.77. The minimum atomic E-state index is -0.559. The molecule has 3 rings (SSSR count). The van der Waals surface area contributed by atoms with Crippen LogP contribution in [0.3, 0.4) is 0 Å². The molecule has 0 saturated carbocycles. The number of Topliss-reactive ketones (excluding diaryl/α,β-unsaturated/α-hetero) is 2. The number of rotatable bonds is 13. The Kier molecular flexibility index (Phi) is 9.66. The molecule has 1 aromatic heterocycles. The number of allylic oxidation sites excluding steroid dienone is 1. The Morgan fingerprint density at radius 3 is 2.53 bits per heavy atom. The summed E-state index contributed by atoms with van der Waals surface area (Å²) < 4.78 is 1.07. The molecule has 0 radical (unpaired) electrons. The van der Waals surface area contributed by atoms with E-state index in [4.69, 9.17) is 10.2 Å². The first-order valence-electron chi connectivity index (χ1n) is 12.1. The summed E-state index contributed by atoms with van der Waals surface area (Å²) in [6.07, 6.45) is 2.43. The van der Waals surface area contributed by atoms with Crippen molar-refractivity contribution >= 4 is 39.0 Å². The van der Waals surface area contributed by atoms with E-state index >= 15 is 0 Å². The zero-order chi connectivity index (χ0) is 26.1. The second kappa shape index (κ2) is 12.9. The monoisotopic (exact) mass is 501 g/mol. The number of thiazole rings is 1. The molecule has 6 nitrogen and oxygen atoms in total. The van der Waals surface area contributed by atoms with Gasteiger partial charge < -0.3 is 10.1 Å². The topological polar surface area (TPSA) is 99.9 Å². The third kappa shape index (κ3) is 7.69. The fourth-order valence-electron chi connectivity index (χ4n) is 4.10. The van der Waals surface area contributed by atoms with Crippen LogP contribution in [0.25, 0.3) is 10.2 Å². The van der Waals surface area contributed by atoms with Gasteiger partial charge in [0.15, 0.2) is 5.78 Å². The van der Waals surface area contributed by atoms with Crippen LogP contribution in [0.5, 0.6) is 0 Å². The Labute approximate surface area is 216 Å². The van der Waals surface area contributed by atoms with Crippen molar-refractivity contribution in [3.63, 3.8) is 0 Å². The molecule has 0 fully saturated rings. The molecule has 0 aliphatic heterocycles. The number of carbonyl (C=O) groups is 3. The van der Waals surface area contributed by atoms with Gasteiger partial charge in [-0.1, -0.05) is 49.9 Å². The number of benzene rings is 2. The molecule has 2 atom stereocenters. The highest BCUT2D eigenvalue weighted by molar-refractivity contribution is 7.18. The van der Waals surface area contributed by atoms with Gasteiger partial charge in [0.2, 0.25) is 5.91 Å². The molecule has 1 N–H and O–H groups in total. The summed E-state index contributed by atoms with van der Waals surface area (Å²) in [5, 5.41) is 12.8. The maximum atomic E-state index is 13.4. The van der Waals surface area contributed by atoms with Crippen LogP contribution in [-0.2, 0) is 33.6 Å². The van der Waals surface area contributed by atoms with Gasteiger partial charge in [0.05, 0.1) is 26.7 Å². The standard InChI is InChI=1S/C29H31N3O3S/c1-4-21-10-12-25-27(16-21)36-28(32-25)17-23(14-20(3)33)29(35)31-24(11-13-26(34)19(2)18-30)15-22-8-6-5-7-9-22/h5-10,12,16,23-24H,2,4,11,13-15,17H2,1,3H3,(H,31,35)/t23-,24+/m0/s1. The van der Waals surface area contributed by atoms with E-state index in [1.807, 2.05) is 36.4 Å². The molecule has 7 heteroatoms. The minimum absolute atomic E-state index is 0.0652. The van der Waals surface area contributed by atoms with E-state index in [1.54, 1.807) is 17.4 Å². The Morgan fingerprint density at radius 1 is 1.11 bits per heavy atom. The molecule has 0 aliphatic carbocycles. The average molecular weight is 502 g/mol. The number of nitrogens with zero attached hydrogens (tertiary/aromatic N) is 2. The number of amides is 1. The van der Waals surface area contributed by atoms with Gasteiger partial charge in [-0.05, 0) is 49.4 Å². The lowest BCUT2D eigenvalue weighted by atomic mass is 9.95. The fourth-order valence-corrected chi connectivity index (χ4v) is 5.21. The van der Waals surface area contributed by atoms with Gasteiger partial charge in [-0.2, -0.15) is 5.26 Å². The zero-order valence-corrected chi connectivity index (χ0v) is 21.6. The molecule has 3 aromatic rings. The van der Waals surface area contributed by atoms with Crippen LogP contribution in [0.1, 0.15) is 49.2 Å². The summed E-state index contributed by atoms with van der Waals surface area (Å²) in [5.74, 6) is -1.18. The third-order valence-corrected chi connectivity index (χ3v) is 7.13. The van der Waals surface area contributed by atoms with Crippen molar-refractivity contribution in [2.24, 2.45) is 5.92 Å². The van der Waals surface area contributed by atoms with Crippen molar-refractivity contribution in [3.05, 3.63) is 76.8 Å². The molecule has 0 bridgehead atoms. The van der Waals surface area contributed by atoms with Crippen molar-refractivity contribution in [3.8, 4) is 6.07 Å². The van der Waals surface area contributed by atoms with Crippen molar-refractivity contribution in [2.75, 3.05) is 0 Å². The van der Waals surface area contributed by atoms with E-state index in [0.29, 0.717) is 19.3 Å². The molecule has 36 heavy (non-hydrogen) atoms. The van der Waals surface area contributed by atoms with Crippen molar-refractivity contribution in [1.82, 2.24) is 10.3 Å². The average Bonchev–Trinajstić information content (AvgIpc) is 3.27. The predicted octanol–water partition coefficient (Wildman–Crippen LogP) is 5.15. The molecule has 0 aliphatic rings. The van der Waals surface area contributed by atoms with E-state index in [-0.39, 0.29) is 41.9 Å². The largest absolute Gasteiger partial charge is 0.353 e. The van der Waals surface area contributed by atoms with E-state index in [9.17, 15) is 14.4 Å². The number of nitrogens with one attached hydrogen (secondary N) is 1. The first kappa shape index (κ1) is 27.0. The van der Waals surface area contributed by atoms with Gasteiger partial charge in [0, 0.05) is 25.3 Å². The number of ketones is 2. The Hall–Kier alpha value is -3.63. The quantitative estimate of drug-likeness (QED) is 0.258. The number of aryl methyl sites for hydroxylation is 1. The van der Waals surface area contributed by atoms with Crippen LogP contribution in [0, 0.1) is 17.2 Å². The van der Waals surface area contributed by atoms with E-state index in [2.05, 4.69) is 31.0 Å². The normalized spacial score (nSPS) is 12.5. The van der Waals surface area contributed by atoms with Gasteiger partial charge >= 0.3 is 0 Å². The predicted molar refractivity (Wildman–Crippen MR) is 143 cm³/mol. The third-order valence-electron chi connectivity index (χ3n) is 6.09. The summed E-state index contributed by atoms with van der Waals surface area (Å²) in [6.45, 7) is 7.08. The molecule has 1 amide bonds. The molecular formula is C29H31N3O3S.